The SMILES string of the molecule is Cc1cc(C)c(NC(=O)COC(=O)COc2cccc3c2OC(C)(C)C3)c(C)c1. The lowest BCUT2D eigenvalue weighted by molar-refractivity contribution is -0.149. The van der Waals surface area contributed by atoms with Crippen LogP contribution in [-0.2, 0) is 20.7 Å². The lowest BCUT2D eigenvalue weighted by Crippen LogP contribution is -2.25. The summed E-state index contributed by atoms with van der Waals surface area (Å²) < 4.78 is 16.5. The summed E-state index contributed by atoms with van der Waals surface area (Å²) in [7, 11) is 0. The summed E-state index contributed by atoms with van der Waals surface area (Å²) in [4.78, 5) is 24.2. The molecule has 6 heteroatoms. The minimum absolute atomic E-state index is 0.296. The number of amides is 1. The van der Waals surface area contributed by atoms with Gasteiger partial charge in [0.25, 0.3) is 5.91 Å². The van der Waals surface area contributed by atoms with Crippen molar-refractivity contribution in [1.82, 2.24) is 0 Å². The number of esters is 1. The third-order valence-corrected chi connectivity index (χ3v) is 4.71. The Morgan fingerprint density at radius 2 is 1.79 bits per heavy atom. The highest BCUT2D eigenvalue weighted by molar-refractivity contribution is 5.94. The zero-order valence-electron chi connectivity index (χ0n) is 17.5. The molecular weight excluding hydrogens is 370 g/mol. The largest absolute Gasteiger partial charge is 0.483 e. The first-order valence-electron chi connectivity index (χ1n) is 9.62. The van der Waals surface area contributed by atoms with E-state index in [-0.39, 0.29) is 24.7 Å². The zero-order chi connectivity index (χ0) is 21.2. The van der Waals surface area contributed by atoms with E-state index >= 15 is 0 Å². The van der Waals surface area contributed by atoms with E-state index in [1.807, 2.05) is 58.9 Å². The van der Waals surface area contributed by atoms with Crippen LogP contribution >= 0.6 is 0 Å². The van der Waals surface area contributed by atoms with Crippen molar-refractivity contribution in [3.63, 3.8) is 0 Å². The van der Waals surface area contributed by atoms with Crippen molar-refractivity contribution in [3.8, 4) is 11.5 Å². The van der Waals surface area contributed by atoms with Gasteiger partial charge in [0, 0.05) is 17.7 Å². The van der Waals surface area contributed by atoms with Crippen molar-refractivity contribution < 1.29 is 23.8 Å². The van der Waals surface area contributed by atoms with Gasteiger partial charge in [0.2, 0.25) is 0 Å². The van der Waals surface area contributed by atoms with E-state index in [1.165, 1.54) is 0 Å². The van der Waals surface area contributed by atoms with Gasteiger partial charge in [-0.15, -0.1) is 0 Å². The van der Waals surface area contributed by atoms with Gasteiger partial charge in [-0.05, 0) is 51.8 Å². The number of fused-ring (bicyclic) bond motifs is 1. The van der Waals surface area contributed by atoms with Gasteiger partial charge >= 0.3 is 5.97 Å². The molecule has 0 fully saturated rings. The summed E-state index contributed by atoms with van der Waals surface area (Å²) in [5.41, 5.74) is 4.54. The molecule has 0 spiro atoms. The first-order chi connectivity index (χ1) is 13.6. The minimum atomic E-state index is -0.618. The maximum atomic E-state index is 12.2. The molecule has 0 aromatic heterocycles. The number of hydrogen-bond donors (Lipinski definition) is 1. The van der Waals surface area contributed by atoms with Gasteiger partial charge in [0.1, 0.15) is 5.60 Å². The fraction of sp³-hybridized carbons (Fsp3) is 0.391. The van der Waals surface area contributed by atoms with E-state index in [0.29, 0.717) is 11.5 Å². The van der Waals surface area contributed by atoms with Crippen LogP contribution in [0.5, 0.6) is 11.5 Å². The second kappa shape index (κ2) is 8.15. The first kappa shape index (κ1) is 20.7. The van der Waals surface area contributed by atoms with Crippen LogP contribution in [0.25, 0.3) is 0 Å². The average Bonchev–Trinajstić information content (AvgIpc) is 2.95. The molecule has 2 aromatic rings. The van der Waals surface area contributed by atoms with Gasteiger partial charge in [0.15, 0.2) is 24.7 Å². The normalized spacial score (nSPS) is 14.0. The molecule has 0 saturated carbocycles. The quantitative estimate of drug-likeness (QED) is 0.749. The smallest absolute Gasteiger partial charge is 0.344 e. The Hall–Kier alpha value is -3.02. The van der Waals surface area contributed by atoms with Gasteiger partial charge in [-0.25, -0.2) is 4.79 Å². The topological polar surface area (TPSA) is 73.9 Å². The fourth-order valence-corrected chi connectivity index (χ4v) is 3.58. The molecule has 0 bridgehead atoms. The van der Waals surface area contributed by atoms with Gasteiger partial charge in [-0.2, -0.15) is 0 Å². The fourth-order valence-electron chi connectivity index (χ4n) is 3.58. The van der Waals surface area contributed by atoms with Crippen molar-refractivity contribution in [2.45, 2.75) is 46.6 Å². The predicted octanol–water partition coefficient (Wildman–Crippen LogP) is 3.89. The molecule has 1 heterocycles. The number of anilines is 1. The standard InChI is InChI=1S/C23H27NO5/c1-14-9-15(2)21(16(3)10-14)24-19(25)12-28-20(26)13-27-18-8-6-7-17-11-23(4,5)29-22(17)18/h6-10H,11-13H2,1-5H3,(H,24,25). The van der Waals surface area contributed by atoms with Crippen molar-refractivity contribution in [2.75, 3.05) is 18.5 Å². The van der Waals surface area contributed by atoms with Crippen LogP contribution in [0, 0.1) is 20.8 Å². The molecule has 0 aliphatic carbocycles. The molecule has 29 heavy (non-hydrogen) atoms. The monoisotopic (exact) mass is 397 g/mol. The lowest BCUT2D eigenvalue weighted by atomic mass is 10.0. The third-order valence-electron chi connectivity index (χ3n) is 4.71. The maximum absolute atomic E-state index is 12.2. The second-order valence-corrected chi connectivity index (χ2v) is 8.05. The van der Waals surface area contributed by atoms with Crippen LogP contribution in [-0.4, -0.2) is 30.7 Å². The summed E-state index contributed by atoms with van der Waals surface area (Å²) in [5, 5.41) is 2.80. The van der Waals surface area contributed by atoms with E-state index < -0.39 is 5.97 Å². The molecule has 1 aliphatic heterocycles. The Labute approximate surface area is 171 Å². The van der Waals surface area contributed by atoms with Crippen LogP contribution in [0.15, 0.2) is 30.3 Å². The third kappa shape index (κ3) is 5.08. The summed E-state index contributed by atoms with van der Waals surface area (Å²) >= 11 is 0. The summed E-state index contributed by atoms with van der Waals surface area (Å²) in [6, 6.07) is 9.58. The van der Waals surface area contributed by atoms with Crippen LogP contribution < -0.4 is 14.8 Å². The van der Waals surface area contributed by atoms with E-state index in [2.05, 4.69) is 5.32 Å². The minimum Gasteiger partial charge on any atom is -0.483 e. The Kier molecular flexibility index (Phi) is 5.82. The molecular formula is C23H27NO5. The molecule has 2 aromatic carbocycles. The number of benzene rings is 2. The van der Waals surface area contributed by atoms with Crippen LogP contribution in [0.4, 0.5) is 5.69 Å². The highest BCUT2D eigenvalue weighted by Gasteiger charge is 2.32. The molecule has 0 saturated heterocycles. The summed E-state index contributed by atoms with van der Waals surface area (Å²) in [6.07, 6.45) is 0.780. The Bertz CT molecular complexity index is 925. The molecule has 0 atom stereocenters. The second-order valence-electron chi connectivity index (χ2n) is 8.05. The number of aryl methyl sites for hydroxylation is 3. The van der Waals surface area contributed by atoms with Crippen molar-refractivity contribution >= 4 is 17.6 Å². The molecule has 3 rings (SSSR count). The van der Waals surface area contributed by atoms with Crippen molar-refractivity contribution in [3.05, 3.63) is 52.6 Å². The number of carbonyl (C=O) groups excluding carboxylic acids is 2. The van der Waals surface area contributed by atoms with Crippen LogP contribution in [0.1, 0.15) is 36.1 Å². The number of carbonyl (C=O) groups is 2. The molecule has 1 amide bonds. The summed E-state index contributed by atoms with van der Waals surface area (Å²) in [5.74, 6) is 0.153. The number of para-hydroxylation sites is 1. The predicted molar refractivity (Wildman–Crippen MR) is 111 cm³/mol. The number of nitrogens with one attached hydrogen (secondary N) is 1. The van der Waals surface area contributed by atoms with Crippen molar-refractivity contribution in [2.24, 2.45) is 0 Å². The Morgan fingerprint density at radius 3 is 2.48 bits per heavy atom. The van der Waals surface area contributed by atoms with E-state index in [0.717, 1.165) is 34.4 Å². The first-order valence-corrected chi connectivity index (χ1v) is 9.62. The Morgan fingerprint density at radius 1 is 1.10 bits per heavy atom. The van der Waals surface area contributed by atoms with E-state index in [4.69, 9.17) is 14.2 Å². The maximum Gasteiger partial charge on any atom is 0.344 e. The van der Waals surface area contributed by atoms with E-state index in [1.54, 1.807) is 6.07 Å². The molecule has 154 valence electrons. The molecule has 0 radical (unpaired) electrons. The highest BCUT2D eigenvalue weighted by Crippen LogP contribution is 2.41. The number of ether oxygens (including phenoxy) is 3. The molecule has 1 aliphatic rings. The number of hydrogen-bond acceptors (Lipinski definition) is 5. The molecule has 6 nitrogen and oxygen atoms in total. The van der Waals surface area contributed by atoms with Gasteiger partial charge in [-0.1, -0.05) is 29.8 Å². The van der Waals surface area contributed by atoms with Crippen LogP contribution in [0.3, 0.4) is 0 Å². The number of rotatable bonds is 6. The molecule has 0 unspecified atom stereocenters. The Balaban J connectivity index is 1.50. The van der Waals surface area contributed by atoms with Gasteiger partial charge in [0.05, 0.1) is 0 Å². The lowest BCUT2D eigenvalue weighted by Gasteiger charge is -2.18. The highest BCUT2D eigenvalue weighted by atomic mass is 16.6. The van der Waals surface area contributed by atoms with Gasteiger partial charge < -0.3 is 19.5 Å². The van der Waals surface area contributed by atoms with E-state index in [9.17, 15) is 9.59 Å². The van der Waals surface area contributed by atoms with Crippen LogP contribution in [0.2, 0.25) is 0 Å². The average molecular weight is 397 g/mol. The zero-order valence-corrected chi connectivity index (χ0v) is 17.5. The van der Waals surface area contributed by atoms with Crippen molar-refractivity contribution in [1.29, 1.82) is 0 Å². The molecule has 1 N–H and O–H groups in total. The summed E-state index contributed by atoms with van der Waals surface area (Å²) in [6.45, 7) is 9.19. The van der Waals surface area contributed by atoms with Gasteiger partial charge in [-0.3, -0.25) is 4.79 Å².